The molecule has 1 aliphatic heterocycles. The summed E-state index contributed by atoms with van der Waals surface area (Å²) in [5, 5.41) is 24.2. The topological polar surface area (TPSA) is 188 Å². The Kier molecular flexibility index (Phi) is 18.6. The van der Waals surface area contributed by atoms with Crippen LogP contribution in [0.5, 0.6) is 0 Å². The second-order valence-corrected chi connectivity index (χ2v) is 12.4. The predicted molar refractivity (Wildman–Crippen MR) is 157 cm³/mol. The van der Waals surface area contributed by atoms with E-state index in [9.17, 15) is 24.5 Å². The summed E-state index contributed by atoms with van der Waals surface area (Å²) in [4.78, 5) is 24.7. The average Bonchev–Trinajstić information content (AvgIpc) is 3.56. The first-order chi connectivity index (χ1) is 20.2. The number of phosphoric acid groups is 1. The third kappa shape index (κ3) is 14.8. The molecule has 1 amide bonds. The molecule has 1 saturated heterocycles. The van der Waals surface area contributed by atoms with E-state index in [-0.39, 0.29) is 19.0 Å². The van der Waals surface area contributed by atoms with Crippen LogP contribution in [0, 0.1) is 0 Å². The Morgan fingerprint density at radius 2 is 1.43 bits per heavy atom. The van der Waals surface area contributed by atoms with Crippen molar-refractivity contribution in [2.75, 3.05) is 26.4 Å². The first-order valence-corrected chi connectivity index (χ1v) is 17.2. The van der Waals surface area contributed by atoms with E-state index in [2.05, 4.69) is 17.0 Å². The zero-order chi connectivity index (χ0) is 30.6. The van der Waals surface area contributed by atoms with Gasteiger partial charge >= 0.3 is 7.82 Å². The quantitative estimate of drug-likeness (QED) is 0.0848. The summed E-state index contributed by atoms with van der Waals surface area (Å²) in [6.07, 6.45) is 16.7. The van der Waals surface area contributed by atoms with Crippen LogP contribution in [-0.2, 0) is 23.1 Å². The minimum Gasteiger partial charge on any atom is -0.387 e. The van der Waals surface area contributed by atoms with E-state index >= 15 is 0 Å². The Balaban J connectivity index is 1.41. The van der Waals surface area contributed by atoms with Gasteiger partial charge in [-0.15, -0.1) is 5.10 Å². The molecule has 1 aliphatic rings. The van der Waals surface area contributed by atoms with Gasteiger partial charge in [0.25, 0.3) is 5.91 Å². The normalized spacial score (nSPS) is 22.0. The molecule has 0 radical (unpaired) electrons. The highest BCUT2D eigenvalue weighted by atomic mass is 31.2. The number of nitrogens with zero attached hydrogens (tertiary/aromatic N) is 3. The highest BCUT2D eigenvalue weighted by Gasteiger charge is 2.45. The maximum absolute atomic E-state index is 12.2. The SMILES string of the molecule is CCCCCCCCCCCCCCCCCCOCCOP(=O)(O)OCC1OC(n2cnc(C(N)=O)n2)C(O)C1O. The van der Waals surface area contributed by atoms with Gasteiger partial charge in [0.1, 0.15) is 24.6 Å². The first-order valence-electron chi connectivity index (χ1n) is 15.7. The fourth-order valence-electron chi connectivity index (χ4n) is 4.87. The third-order valence-electron chi connectivity index (χ3n) is 7.35. The summed E-state index contributed by atoms with van der Waals surface area (Å²) in [5.41, 5.74) is 5.11. The molecule has 42 heavy (non-hydrogen) atoms. The number of carbonyl (C=O) groups is 1. The first kappa shape index (κ1) is 36.8. The van der Waals surface area contributed by atoms with Crippen LogP contribution in [0.15, 0.2) is 6.33 Å². The van der Waals surface area contributed by atoms with E-state index < -0.39 is 44.9 Å². The highest BCUT2D eigenvalue weighted by Crippen LogP contribution is 2.44. The second-order valence-electron chi connectivity index (χ2n) is 11.0. The van der Waals surface area contributed by atoms with Gasteiger partial charge in [0.05, 0.1) is 19.8 Å². The molecule has 0 bridgehead atoms. The smallest absolute Gasteiger partial charge is 0.387 e. The second kappa shape index (κ2) is 21.3. The minimum atomic E-state index is -4.43. The molecule has 2 rings (SSSR count). The van der Waals surface area contributed by atoms with Crippen LogP contribution < -0.4 is 5.73 Å². The van der Waals surface area contributed by atoms with Gasteiger partial charge in [-0.2, -0.15) is 0 Å². The molecule has 14 heteroatoms. The Hall–Kier alpha value is -1.44. The van der Waals surface area contributed by atoms with Crippen molar-refractivity contribution < 1.29 is 43.0 Å². The van der Waals surface area contributed by atoms with Gasteiger partial charge in [-0.05, 0) is 6.42 Å². The lowest BCUT2D eigenvalue weighted by Crippen LogP contribution is -2.33. The van der Waals surface area contributed by atoms with Crippen LogP contribution in [0.1, 0.15) is 127 Å². The maximum Gasteiger partial charge on any atom is 0.472 e. The van der Waals surface area contributed by atoms with E-state index in [1.165, 1.54) is 89.9 Å². The van der Waals surface area contributed by atoms with Crippen LogP contribution in [-0.4, -0.2) is 80.5 Å². The van der Waals surface area contributed by atoms with E-state index in [0.717, 1.165) is 23.9 Å². The van der Waals surface area contributed by atoms with Crippen LogP contribution in [0.2, 0.25) is 0 Å². The number of nitrogens with two attached hydrogens (primary N) is 1. The van der Waals surface area contributed by atoms with Crippen LogP contribution in [0.25, 0.3) is 0 Å². The van der Waals surface area contributed by atoms with Crippen molar-refractivity contribution in [1.82, 2.24) is 14.8 Å². The summed E-state index contributed by atoms with van der Waals surface area (Å²) in [7, 11) is -4.43. The Morgan fingerprint density at radius 3 is 1.95 bits per heavy atom. The Labute approximate surface area is 250 Å². The molecule has 5 unspecified atom stereocenters. The maximum atomic E-state index is 12.2. The van der Waals surface area contributed by atoms with E-state index in [4.69, 9.17) is 24.3 Å². The lowest BCUT2D eigenvalue weighted by Gasteiger charge is -2.17. The number of aliphatic hydroxyl groups excluding tert-OH is 2. The van der Waals surface area contributed by atoms with Gasteiger partial charge < -0.3 is 30.3 Å². The number of unbranched alkanes of at least 4 members (excludes halogenated alkanes) is 15. The lowest BCUT2D eigenvalue weighted by atomic mass is 10.0. The number of aromatic nitrogens is 3. The molecule has 244 valence electrons. The number of hydrogen-bond acceptors (Lipinski definition) is 10. The summed E-state index contributed by atoms with van der Waals surface area (Å²) < 4.78 is 34.0. The molecule has 1 fully saturated rings. The van der Waals surface area contributed by atoms with Gasteiger partial charge in [-0.3, -0.25) is 13.8 Å². The van der Waals surface area contributed by atoms with Crippen molar-refractivity contribution in [3.05, 3.63) is 12.2 Å². The molecular weight excluding hydrogens is 567 g/mol. The number of rotatable bonds is 26. The molecule has 1 aromatic heterocycles. The zero-order valence-electron chi connectivity index (χ0n) is 25.2. The number of aliphatic hydroxyl groups is 2. The van der Waals surface area contributed by atoms with Gasteiger partial charge in [0, 0.05) is 6.61 Å². The fraction of sp³-hybridized carbons (Fsp3) is 0.893. The number of phosphoric ester groups is 1. The molecule has 0 saturated carbocycles. The molecule has 1 aromatic rings. The van der Waals surface area contributed by atoms with Gasteiger partial charge in [0.15, 0.2) is 6.23 Å². The standard InChI is InChI=1S/C28H53N4O9P/c1-2-3-4-5-6-7-8-9-10-11-12-13-14-15-16-17-18-38-19-20-39-42(36,37)40-21-23-24(33)25(34)28(41-23)32-22-30-27(31-32)26(29)35/h22-25,28,33-34H,2-21H2,1H3,(H2,29,35)(H,36,37). The monoisotopic (exact) mass is 620 g/mol. The summed E-state index contributed by atoms with van der Waals surface area (Å²) in [6.45, 7) is 2.29. The van der Waals surface area contributed by atoms with Crippen molar-refractivity contribution in [1.29, 1.82) is 0 Å². The van der Waals surface area contributed by atoms with Crippen molar-refractivity contribution in [2.45, 2.75) is 134 Å². The molecule has 0 aromatic carbocycles. The average molecular weight is 621 g/mol. The summed E-state index contributed by atoms with van der Waals surface area (Å²) in [6, 6.07) is 0. The number of primary amides is 1. The number of hydrogen-bond donors (Lipinski definition) is 4. The molecule has 0 spiro atoms. The van der Waals surface area contributed by atoms with E-state index in [1.54, 1.807) is 0 Å². The summed E-state index contributed by atoms with van der Waals surface area (Å²) >= 11 is 0. The van der Waals surface area contributed by atoms with Gasteiger partial charge in [0.2, 0.25) is 5.82 Å². The highest BCUT2D eigenvalue weighted by molar-refractivity contribution is 7.47. The van der Waals surface area contributed by atoms with Crippen LogP contribution >= 0.6 is 7.82 Å². The Bertz CT molecular complexity index is 906. The lowest BCUT2D eigenvalue weighted by molar-refractivity contribution is -0.0593. The number of amides is 1. The van der Waals surface area contributed by atoms with Crippen LogP contribution in [0.4, 0.5) is 0 Å². The van der Waals surface area contributed by atoms with E-state index in [1.807, 2.05) is 0 Å². The fourth-order valence-corrected chi connectivity index (χ4v) is 5.58. The number of carbonyl (C=O) groups excluding carboxylic acids is 1. The third-order valence-corrected chi connectivity index (χ3v) is 8.34. The molecule has 2 heterocycles. The Morgan fingerprint density at radius 1 is 0.881 bits per heavy atom. The van der Waals surface area contributed by atoms with Crippen molar-refractivity contribution in [2.24, 2.45) is 5.73 Å². The van der Waals surface area contributed by atoms with Gasteiger partial charge in [-0.1, -0.05) is 103 Å². The van der Waals surface area contributed by atoms with E-state index in [0.29, 0.717) is 6.61 Å². The summed E-state index contributed by atoms with van der Waals surface area (Å²) in [5.74, 6) is -1.15. The van der Waals surface area contributed by atoms with Crippen molar-refractivity contribution in [3.63, 3.8) is 0 Å². The largest absolute Gasteiger partial charge is 0.472 e. The zero-order valence-corrected chi connectivity index (χ0v) is 26.1. The molecule has 0 aliphatic carbocycles. The predicted octanol–water partition coefficient (Wildman–Crippen LogP) is 4.41. The molecule has 5 N–H and O–H groups in total. The van der Waals surface area contributed by atoms with Crippen LogP contribution in [0.3, 0.4) is 0 Å². The van der Waals surface area contributed by atoms with Gasteiger partial charge in [-0.25, -0.2) is 14.2 Å². The molecule has 13 nitrogen and oxygen atoms in total. The van der Waals surface area contributed by atoms with Crippen molar-refractivity contribution >= 4 is 13.7 Å². The number of ether oxygens (including phenoxy) is 2. The minimum absolute atomic E-state index is 0.138. The molecule has 5 atom stereocenters. The molecular formula is C28H53N4O9P. The van der Waals surface area contributed by atoms with Crippen molar-refractivity contribution in [3.8, 4) is 0 Å².